The molecule has 3 aromatic rings. The number of hydrogen-bond donors (Lipinski definition) is 1. The third kappa shape index (κ3) is 4.47. The molecule has 1 aliphatic rings. The van der Waals surface area contributed by atoms with Crippen molar-refractivity contribution in [1.82, 2.24) is 10.2 Å². The van der Waals surface area contributed by atoms with E-state index < -0.39 is 0 Å². The van der Waals surface area contributed by atoms with Crippen molar-refractivity contribution in [3.05, 3.63) is 86.6 Å². The van der Waals surface area contributed by atoms with Crippen molar-refractivity contribution in [2.75, 3.05) is 20.2 Å². The van der Waals surface area contributed by atoms with Crippen LogP contribution in [-0.4, -0.2) is 31.0 Å². The standard InChI is InChI=1S/C23H23ClN2O2S/c1-28-22-7-6-19(24)12-20(22)23(27)25-13-21(18-9-11-29-15-18)26-10-8-16-4-2-3-5-17(16)14-26/h2-7,9,11-12,15,21H,8,10,13-14H2,1H3,(H,25,27). The molecule has 4 rings (SSSR count). The van der Waals surface area contributed by atoms with E-state index in [1.807, 2.05) is 0 Å². The van der Waals surface area contributed by atoms with Gasteiger partial charge in [-0.25, -0.2) is 0 Å². The first-order valence-corrected chi connectivity index (χ1v) is 10.9. The number of amides is 1. The Bertz CT molecular complexity index is 990. The van der Waals surface area contributed by atoms with Crippen molar-refractivity contribution >= 4 is 28.8 Å². The number of carbonyl (C=O) groups is 1. The molecule has 1 amide bonds. The summed E-state index contributed by atoms with van der Waals surface area (Å²) in [6.07, 6.45) is 1.02. The van der Waals surface area contributed by atoms with Gasteiger partial charge < -0.3 is 10.1 Å². The fourth-order valence-electron chi connectivity index (χ4n) is 3.85. The number of fused-ring (bicyclic) bond motifs is 1. The van der Waals surface area contributed by atoms with E-state index in [0.717, 1.165) is 19.5 Å². The number of nitrogens with zero attached hydrogens (tertiary/aromatic N) is 1. The average molecular weight is 427 g/mol. The molecule has 1 aliphatic heterocycles. The topological polar surface area (TPSA) is 41.6 Å². The highest BCUT2D eigenvalue weighted by Crippen LogP contribution is 2.29. The minimum atomic E-state index is -0.179. The Hall–Kier alpha value is -2.34. The van der Waals surface area contributed by atoms with Crippen LogP contribution in [0.2, 0.25) is 5.02 Å². The van der Waals surface area contributed by atoms with Gasteiger partial charge in [0.1, 0.15) is 5.75 Å². The van der Waals surface area contributed by atoms with Gasteiger partial charge in [-0.2, -0.15) is 11.3 Å². The van der Waals surface area contributed by atoms with Crippen LogP contribution in [0.15, 0.2) is 59.3 Å². The van der Waals surface area contributed by atoms with Gasteiger partial charge in [-0.15, -0.1) is 0 Å². The molecular weight excluding hydrogens is 404 g/mol. The number of carbonyl (C=O) groups excluding carboxylic acids is 1. The lowest BCUT2D eigenvalue weighted by atomic mass is 9.97. The maximum absolute atomic E-state index is 12.9. The first kappa shape index (κ1) is 20.0. The number of halogens is 1. The molecule has 150 valence electrons. The van der Waals surface area contributed by atoms with Gasteiger partial charge in [0.25, 0.3) is 5.91 Å². The first-order chi connectivity index (χ1) is 14.2. The summed E-state index contributed by atoms with van der Waals surface area (Å²) in [6, 6.07) is 15.9. The normalized spacial score (nSPS) is 14.8. The first-order valence-electron chi connectivity index (χ1n) is 9.60. The minimum Gasteiger partial charge on any atom is -0.496 e. The second kappa shape index (κ2) is 8.99. The fraction of sp³-hybridized carbons (Fsp3) is 0.261. The predicted molar refractivity (Wildman–Crippen MR) is 118 cm³/mol. The molecule has 1 unspecified atom stereocenters. The summed E-state index contributed by atoms with van der Waals surface area (Å²) in [5.41, 5.74) is 4.46. The van der Waals surface area contributed by atoms with E-state index in [1.54, 1.807) is 36.6 Å². The maximum Gasteiger partial charge on any atom is 0.255 e. The van der Waals surface area contributed by atoms with Gasteiger partial charge in [0, 0.05) is 24.7 Å². The van der Waals surface area contributed by atoms with E-state index >= 15 is 0 Å². The molecule has 2 aromatic carbocycles. The van der Waals surface area contributed by atoms with E-state index in [0.29, 0.717) is 22.9 Å². The molecule has 0 fully saturated rings. The highest BCUT2D eigenvalue weighted by Gasteiger charge is 2.26. The van der Waals surface area contributed by atoms with Crippen LogP contribution in [0.3, 0.4) is 0 Å². The number of benzene rings is 2. The van der Waals surface area contributed by atoms with Gasteiger partial charge in [0.05, 0.1) is 18.7 Å². The van der Waals surface area contributed by atoms with E-state index in [4.69, 9.17) is 16.3 Å². The number of thiophene rings is 1. The maximum atomic E-state index is 12.9. The molecule has 1 N–H and O–H groups in total. The van der Waals surface area contributed by atoms with E-state index in [9.17, 15) is 4.79 Å². The summed E-state index contributed by atoms with van der Waals surface area (Å²) in [4.78, 5) is 15.3. The van der Waals surface area contributed by atoms with Crippen LogP contribution in [0.5, 0.6) is 5.75 Å². The number of methoxy groups -OCH3 is 1. The lowest BCUT2D eigenvalue weighted by Gasteiger charge is -2.35. The Morgan fingerprint density at radius 1 is 1.24 bits per heavy atom. The molecule has 2 heterocycles. The molecule has 0 spiro atoms. The van der Waals surface area contributed by atoms with Gasteiger partial charge in [-0.3, -0.25) is 9.69 Å². The summed E-state index contributed by atoms with van der Waals surface area (Å²) in [7, 11) is 1.55. The van der Waals surface area contributed by atoms with Crippen molar-refractivity contribution in [2.24, 2.45) is 0 Å². The van der Waals surface area contributed by atoms with Crippen LogP contribution < -0.4 is 10.1 Å². The predicted octanol–water partition coefficient (Wildman–Crippen LogP) is 4.94. The molecule has 1 atom stereocenters. The Kier molecular flexibility index (Phi) is 6.19. The molecule has 6 heteroatoms. The second-order valence-electron chi connectivity index (χ2n) is 7.12. The molecule has 0 aliphatic carbocycles. The molecule has 0 saturated heterocycles. The Labute approximate surface area is 180 Å². The Balaban J connectivity index is 1.52. The number of hydrogen-bond acceptors (Lipinski definition) is 4. The molecule has 4 nitrogen and oxygen atoms in total. The number of rotatable bonds is 6. The van der Waals surface area contributed by atoms with Crippen LogP contribution in [0.1, 0.15) is 33.1 Å². The van der Waals surface area contributed by atoms with E-state index in [1.165, 1.54) is 16.7 Å². The van der Waals surface area contributed by atoms with E-state index in [2.05, 4.69) is 51.3 Å². The van der Waals surface area contributed by atoms with Crippen molar-refractivity contribution in [2.45, 2.75) is 19.0 Å². The van der Waals surface area contributed by atoms with Gasteiger partial charge in [0.15, 0.2) is 0 Å². The van der Waals surface area contributed by atoms with Gasteiger partial charge in [-0.1, -0.05) is 35.9 Å². The number of ether oxygens (including phenoxy) is 1. The van der Waals surface area contributed by atoms with Crippen LogP contribution in [0.4, 0.5) is 0 Å². The quantitative estimate of drug-likeness (QED) is 0.607. The third-order valence-electron chi connectivity index (χ3n) is 5.39. The molecule has 0 radical (unpaired) electrons. The lowest BCUT2D eigenvalue weighted by molar-refractivity contribution is 0.0925. The van der Waals surface area contributed by atoms with E-state index in [-0.39, 0.29) is 11.9 Å². The smallest absolute Gasteiger partial charge is 0.255 e. The van der Waals surface area contributed by atoms with Crippen LogP contribution in [-0.2, 0) is 13.0 Å². The van der Waals surface area contributed by atoms with Gasteiger partial charge >= 0.3 is 0 Å². The van der Waals surface area contributed by atoms with Crippen LogP contribution in [0.25, 0.3) is 0 Å². The van der Waals surface area contributed by atoms with Crippen molar-refractivity contribution < 1.29 is 9.53 Å². The zero-order valence-corrected chi connectivity index (χ0v) is 17.8. The molecule has 0 saturated carbocycles. The zero-order valence-electron chi connectivity index (χ0n) is 16.2. The van der Waals surface area contributed by atoms with Crippen molar-refractivity contribution in [1.29, 1.82) is 0 Å². The van der Waals surface area contributed by atoms with Crippen LogP contribution >= 0.6 is 22.9 Å². The summed E-state index contributed by atoms with van der Waals surface area (Å²) in [6.45, 7) is 2.37. The Morgan fingerprint density at radius 3 is 2.83 bits per heavy atom. The fourth-order valence-corrected chi connectivity index (χ4v) is 4.73. The molecular formula is C23H23ClN2O2S. The second-order valence-corrected chi connectivity index (χ2v) is 8.33. The molecule has 1 aromatic heterocycles. The molecule has 0 bridgehead atoms. The average Bonchev–Trinajstić information content (AvgIpc) is 3.28. The largest absolute Gasteiger partial charge is 0.496 e. The highest BCUT2D eigenvalue weighted by molar-refractivity contribution is 7.08. The zero-order chi connectivity index (χ0) is 20.2. The highest BCUT2D eigenvalue weighted by atomic mass is 35.5. The van der Waals surface area contributed by atoms with Gasteiger partial charge in [-0.05, 0) is 58.1 Å². The SMILES string of the molecule is COc1ccc(Cl)cc1C(=O)NCC(c1ccsc1)N1CCc2ccccc2C1. The summed E-state index contributed by atoms with van der Waals surface area (Å²) < 4.78 is 5.33. The van der Waals surface area contributed by atoms with Crippen molar-refractivity contribution in [3.8, 4) is 5.75 Å². The lowest BCUT2D eigenvalue weighted by Crippen LogP contribution is -2.40. The third-order valence-corrected chi connectivity index (χ3v) is 6.33. The van der Waals surface area contributed by atoms with Gasteiger partial charge in [0.2, 0.25) is 0 Å². The Morgan fingerprint density at radius 2 is 2.07 bits per heavy atom. The summed E-state index contributed by atoms with van der Waals surface area (Å²) in [5, 5.41) is 7.86. The minimum absolute atomic E-state index is 0.115. The van der Waals surface area contributed by atoms with Crippen molar-refractivity contribution in [3.63, 3.8) is 0 Å². The van der Waals surface area contributed by atoms with Crippen LogP contribution in [0, 0.1) is 0 Å². The monoisotopic (exact) mass is 426 g/mol. The molecule has 29 heavy (non-hydrogen) atoms. The summed E-state index contributed by atoms with van der Waals surface area (Å²) >= 11 is 7.77. The summed E-state index contributed by atoms with van der Waals surface area (Å²) in [5.74, 6) is 0.341. The number of nitrogens with one attached hydrogen (secondary N) is 1.